The predicted octanol–water partition coefficient (Wildman–Crippen LogP) is 4.24. The van der Waals surface area contributed by atoms with Crippen LogP contribution in [0.25, 0.3) is 0 Å². The molecule has 0 saturated carbocycles. The molecule has 0 spiro atoms. The third kappa shape index (κ3) is 3.44. The molecule has 1 unspecified atom stereocenters. The quantitative estimate of drug-likeness (QED) is 0.453. The van der Waals surface area contributed by atoms with Gasteiger partial charge in [-0.1, -0.05) is 34.1 Å². The van der Waals surface area contributed by atoms with Crippen LogP contribution in [0.1, 0.15) is 17.2 Å². The van der Waals surface area contributed by atoms with Crippen molar-refractivity contribution in [3.05, 3.63) is 68.1 Å². The van der Waals surface area contributed by atoms with E-state index in [1.807, 2.05) is 24.3 Å². The van der Waals surface area contributed by atoms with Gasteiger partial charge in [0.05, 0.1) is 10.5 Å². The first kappa shape index (κ1) is 15.6. The summed E-state index contributed by atoms with van der Waals surface area (Å²) in [5.74, 6) is 3.75. The number of nitrogens with one attached hydrogen (secondary N) is 1. The van der Waals surface area contributed by atoms with Crippen LogP contribution in [0.4, 0.5) is 8.78 Å². The number of hydrazine groups is 1. The van der Waals surface area contributed by atoms with E-state index in [-0.39, 0.29) is 10.5 Å². The number of hydrogen-bond donors (Lipinski definition) is 2. The van der Waals surface area contributed by atoms with Crippen molar-refractivity contribution >= 4 is 31.9 Å². The molecule has 0 saturated heterocycles. The Balaban J connectivity index is 2.31. The van der Waals surface area contributed by atoms with E-state index in [0.29, 0.717) is 12.0 Å². The SMILES string of the molecule is NNC(Cc1cccc(Br)c1)c1ccc(F)c(F)c1Br. The van der Waals surface area contributed by atoms with E-state index in [2.05, 4.69) is 37.3 Å². The van der Waals surface area contributed by atoms with Crippen LogP contribution in [-0.2, 0) is 6.42 Å². The molecule has 6 heteroatoms. The second-order valence-corrected chi connectivity index (χ2v) is 6.03. The van der Waals surface area contributed by atoms with Gasteiger partial charge in [0, 0.05) is 4.47 Å². The highest BCUT2D eigenvalue weighted by Crippen LogP contribution is 2.29. The lowest BCUT2D eigenvalue weighted by molar-refractivity contribution is 0.491. The fourth-order valence-corrected chi connectivity index (χ4v) is 3.01. The van der Waals surface area contributed by atoms with Crippen LogP contribution in [0.2, 0.25) is 0 Å². The number of rotatable bonds is 4. The molecule has 0 aliphatic rings. The van der Waals surface area contributed by atoms with Crippen molar-refractivity contribution in [3.8, 4) is 0 Å². The van der Waals surface area contributed by atoms with Crippen molar-refractivity contribution in [2.24, 2.45) is 5.84 Å². The predicted molar refractivity (Wildman–Crippen MR) is 82.0 cm³/mol. The minimum Gasteiger partial charge on any atom is -0.271 e. The molecule has 0 aliphatic carbocycles. The van der Waals surface area contributed by atoms with Gasteiger partial charge in [-0.05, 0) is 51.7 Å². The van der Waals surface area contributed by atoms with Crippen LogP contribution in [0.15, 0.2) is 45.3 Å². The van der Waals surface area contributed by atoms with Crippen LogP contribution in [0.5, 0.6) is 0 Å². The van der Waals surface area contributed by atoms with Crippen molar-refractivity contribution in [2.75, 3.05) is 0 Å². The van der Waals surface area contributed by atoms with E-state index in [1.165, 1.54) is 6.07 Å². The van der Waals surface area contributed by atoms with E-state index in [4.69, 9.17) is 5.84 Å². The van der Waals surface area contributed by atoms with Gasteiger partial charge in [0.2, 0.25) is 0 Å². The van der Waals surface area contributed by atoms with Crippen molar-refractivity contribution in [2.45, 2.75) is 12.5 Å². The van der Waals surface area contributed by atoms with Gasteiger partial charge in [0.25, 0.3) is 0 Å². The second-order valence-electron chi connectivity index (χ2n) is 4.32. The second kappa shape index (κ2) is 6.76. The normalized spacial score (nSPS) is 12.4. The number of halogens is 4. The van der Waals surface area contributed by atoms with Gasteiger partial charge < -0.3 is 0 Å². The molecule has 20 heavy (non-hydrogen) atoms. The van der Waals surface area contributed by atoms with Gasteiger partial charge in [0.1, 0.15) is 0 Å². The highest BCUT2D eigenvalue weighted by Gasteiger charge is 2.18. The summed E-state index contributed by atoms with van der Waals surface area (Å²) in [5.41, 5.74) is 4.24. The van der Waals surface area contributed by atoms with E-state index < -0.39 is 11.6 Å². The Morgan fingerprint density at radius 3 is 2.55 bits per heavy atom. The lowest BCUT2D eigenvalue weighted by Crippen LogP contribution is -2.30. The van der Waals surface area contributed by atoms with Gasteiger partial charge in [-0.3, -0.25) is 11.3 Å². The highest BCUT2D eigenvalue weighted by molar-refractivity contribution is 9.10. The molecule has 0 radical (unpaired) electrons. The molecule has 0 aromatic heterocycles. The van der Waals surface area contributed by atoms with Crippen molar-refractivity contribution in [1.29, 1.82) is 0 Å². The third-order valence-electron chi connectivity index (χ3n) is 2.97. The van der Waals surface area contributed by atoms with Gasteiger partial charge in [-0.2, -0.15) is 0 Å². The highest BCUT2D eigenvalue weighted by atomic mass is 79.9. The average molecular weight is 406 g/mol. The standard InChI is InChI=1S/C14H12Br2F2N2/c15-9-3-1-2-8(6-9)7-12(20-19)10-4-5-11(17)14(18)13(10)16/h1-6,12,20H,7,19H2. The van der Waals surface area contributed by atoms with E-state index in [0.717, 1.165) is 16.1 Å². The Labute approximate surface area is 132 Å². The summed E-state index contributed by atoms with van der Waals surface area (Å²) in [4.78, 5) is 0. The van der Waals surface area contributed by atoms with Gasteiger partial charge in [-0.25, -0.2) is 8.78 Å². The van der Waals surface area contributed by atoms with Crippen LogP contribution in [0, 0.1) is 11.6 Å². The maximum absolute atomic E-state index is 13.6. The average Bonchev–Trinajstić information content (AvgIpc) is 2.43. The molecule has 2 rings (SSSR count). The summed E-state index contributed by atoms with van der Waals surface area (Å²) >= 11 is 6.48. The zero-order chi connectivity index (χ0) is 14.7. The van der Waals surface area contributed by atoms with E-state index in [9.17, 15) is 8.78 Å². The van der Waals surface area contributed by atoms with Crippen LogP contribution in [0.3, 0.4) is 0 Å². The zero-order valence-electron chi connectivity index (χ0n) is 10.3. The minimum absolute atomic E-state index is 0.0930. The largest absolute Gasteiger partial charge is 0.271 e. The van der Waals surface area contributed by atoms with E-state index >= 15 is 0 Å². The molecule has 3 N–H and O–H groups in total. The van der Waals surface area contributed by atoms with Crippen molar-refractivity contribution in [1.82, 2.24) is 5.43 Å². The maximum atomic E-state index is 13.6. The molecule has 2 aromatic rings. The Morgan fingerprint density at radius 1 is 1.15 bits per heavy atom. The molecule has 0 bridgehead atoms. The Kier molecular flexibility index (Phi) is 5.26. The molecule has 2 aromatic carbocycles. The lowest BCUT2D eigenvalue weighted by atomic mass is 9.99. The topological polar surface area (TPSA) is 38.0 Å². The van der Waals surface area contributed by atoms with Crippen LogP contribution in [-0.4, -0.2) is 0 Å². The fraction of sp³-hybridized carbons (Fsp3) is 0.143. The summed E-state index contributed by atoms with van der Waals surface area (Å²) in [6.07, 6.45) is 0.555. The first-order chi connectivity index (χ1) is 9.52. The summed E-state index contributed by atoms with van der Waals surface area (Å²) in [6.45, 7) is 0. The van der Waals surface area contributed by atoms with Crippen molar-refractivity contribution < 1.29 is 8.78 Å². The summed E-state index contributed by atoms with van der Waals surface area (Å²) in [7, 11) is 0. The molecule has 0 aliphatic heterocycles. The Bertz CT molecular complexity index is 620. The molecule has 0 amide bonds. The first-order valence-electron chi connectivity index (χ1n) is 5.87. The smallest absolute Gasteiger partial charge is 0.173 e. The maximum Gasteiger partial charge on any atom is 0.173 e. The number of benzene rings is 2. The van der Waals surface area contributed by atoms with Gasteiger partial charge in [-0.15, -0.1) is 0 Å². The van der Waals surface area contributed by atoms with Crippen LogP contribution >= 0.6 is 31.9 Å². The summed E-state index contributed by atoms with van der Waals surface area (Å²) in [6, 6.07) is 10.0. The van der Waals surface area contributed by atoms with Crippen LogP contribution < -0.4 is 11.3 Å². The Hall–Kier alpha value is -0.820. The molecule has 0 fully saturated rings. The lowest BCUT2D eigenvalue weighted by Gasteiger charge is -2.18. The zero-order valence-corrected chi connectivity index (χ0v) is 13.5. The third-order valence-corrected chi connectivity index (χ3v) is 4.27. The van der Waals surface area contributed by atoms with Gasteiger partial charge >= 0.3 is 0 Å². The minimum atomic E-state index is -0.906. The molecule has 1 atom stereocenters. The molecule has 0 heterocycles. The summed E-state index contributed by atoms with van der Waals surface area (Å²) in [5, 5.41) is 0. The van der Waals surface area contributed by atoms with Crippen molar-refractivity contribution in [3.63, 3.8) is 0 Å². The molecule has 2 nitrogen and oxygen atoms in total. The number of nitrogens with two attached hydrogens (primary N) is 1. The van der Waals surface area contributed by atoms with Gasteiger partial charge in [0.15, 0.2) is 11.6 Å². The Morgan fingerprint density at radius 2 is 1.90 bits per heavy atom. The monoisotopic (exact) mass is 404 g/mol. The first-order valence-corrected chi connectivity index (χ1v) is 7.45. The summed E-state index contributed by atoms with van der Waals surface area (Å²) < 4.78 is 27.8. The fourth-order valence-electron chi connectivity index (χ4n) is 1.97. The molecule has 106 valence electrons. The van der Waals surface area contributed by atoms with E-state index in [1.54, 1.807) is 0 Å². The number of hydrogen-bond acceptors (Lipinski definition) is 2. The molecular weight excluding hydrogens is 394 g/mol. The molecular formula is C14H12Br2F2N2.